The van der Waals surface area contributed by atoms with Gasteiger partial charge in [0.1, 0.15) is 6.54 Å². The highest BCUT2D eigenvalue weighted by atomic mass is 16.2. The zero-order valence-corrected chi connectivity index (χ0v) is 18.0. The molecule has 164 valence electrons. The average Bonchev–Trinajstić information content (AvgIpc) is 3.32. The molecule has 1 aliphatic carbocycles. The molecule has 0 fully saturated rings. The molecule has 8 nitrogen and oxygen atoms in total. The lowest BCUT2D eigenvalue weighted by molar-refractivity contribution is -0.122. The Balaban J connectivity index is 1.29. The Morgan fingerprint density at radius 1 is 1.12 bits per heavy atom. The molecule has 1 aliphatic heterocycles. The summed E-state index contributed by atoms with van der Waals surface area (Å²) < 4.78 is 2.47. The van der Waals surface area contributed by atoms with E-state index in [-0.39, 0.29) is 30.2 Å². The number of aryl methyl sites for hydroxylation is 2. The maximum Gasteiger partial charge on any atom is 0.346 e. The van der Waals surface area contributed by atoms with Crippen LogP contribution in [0.5, 0.6) is 0 Å². The van der Waals surface area contributed by atoms with Crippen molar-refractivity contribution in [3.05, 3.63) is 87.1 Å². The van der Waals surface area contributed by atoms with Gasteiger partial charge in [-0.1, -0.05) is 54.1 Å². The van der Waals surface area contributed by atoms with Gasteiger partial charge < -0.3 is 10.2 Å². The number of carbonyl (C=O) groups is 2. The third-order valence-corrected chi connectivity index (χ3v) is 6.21. The molecule has 0 saturated heterocycles. The summed E-state index contributed by atoms with van der Waals surface area (Å²) in [4.78, 5) is 40.1. The van der Waals surface area contributed by atoms with E-state index < -0.39 is 5.69 Å². The highest BCUT2D eigenvalue weighted by molar-refractivity contribution is 5.91. The highest BCUT2D eigenvalue weighted by Gasteiger charge is 2.30. The Morgan fingerprint density at radius 2 is 1.97 bits per heavy atom. The fourth-order valence-corrected chi connectivity index (χ4v) is 4.63. The Hall–Kier alpha value is -3.68. The summed E-state index contributed by atoms with van der Waals surface area (Å²) in [5.41, 5.74) is 4.10. The minimum atomic E-state index is -0.425. The van der Waals surface area contributed by atoms with E-state index in [2.05, 4.69) is 16.5 Å². The van der Waals surface area contributed by atoms with Crippen LogP contribution < -0.4 is 11.0 Å². The van der Waals surface area contributed by atoms with Crippen molar-refractivity contribution in [2.24, 2.45) is 0 Å². The molecule has 5 rings (SSSR count). The zero-order valence-electron chi connectivity index (χ0n) is 18.0. The van der Waals surface area contributed by atoms with Crippen LogP contribution in [-0.2, 0) is 30.8 Å². The summed E-state index contributed by atoms with van der Waals surface area (Å²) in [6.45, 7) is 3.06. The summed E-state index contributed by atoms with van der Waals surface area (Å²) in [7, 11) is 0. The van der Waals surface area contributed by atoms with Gasteiger partial charge in [0.05, 0.1) is 6.04 Å². The first-order valence-electron chi connectivity index (χ1n) is 10.9. The van der Waals surface area contributed by atoms with Crippen LogP contribution in [0, 0.1) is 6.92 Å². The zero-order chi connectivity index (χ0) is 22.2. The number of nitrogens with one attached hydrogen (secondary N) is 1. The van der Waals surface area contributed by atoms with Crippen molar-refractivity contribution in [3.63, 3.8) is 0 Å². The number of aromatic nitrogens is 3. The number of rotatable bonds is 5. The fourth-order valence-electron chi connectivity index (χ4n) is 4.63. The second kappa shape index (κ2) is 8.11. The highest BCUT2D eigenvalue weighted by Crippen LogP contribution is 2.30. The van der Waals surface area contributed by atoms with Crippen LogP contribution in [0.2, 0.25) is 0 Å². The molecule has 0 saturated carbocycles. The van der Waals surface area contributed by atoms with Crippen molar-refractivity contribution in [2.75, 3.05) is 6.54 Å². The number of hydrogen-bond acceptors (Lipinski definition) is 4. The Kier molecular flexibility index (Phi) is 5.13. The van der Waals surface area contributed by atoms with Gasteiger partial charge in [-0.05, 0) is 36.5 Å². The van der Waals surface area contributed by atoms with Gasteiger partial charge in [-0.15, -0.1) is 5.10 Å². The van der Waals surface area contributed by atoms with Crippen molar-refractivity contribution in [3.8, 4) is 0 Å². The van der Waals surface area contributed by atoms with Crippen LogP contribution in [0.25, 0.3) is 0 Å². The maximum atomic E-state index is 13.0. The molecule has 2 aromatic carbocycles. The maximum absolute atomic E-state index is 13.0. The molecule has 2 heterocycles. The smallest absolute Gasteiger partial charge is 0.346 e. The van der Waals surface area contributed by atoms with E-state index in [1.807, 2.05) is 49.4 Å². The predicted molar refractivity (Wildman–Crippen MR) is 118 cm³/mol. The van der Waals surface area contributed by atoms with Crippen LogP contribution in [0.15, 0.2) is 53.3 Å². The first kappa shape index (κ1) is 20.2. The van der Waals surface area contributed by atoms with E-state index in [1.165, 1.54) is 10.1 Å². The van der Waals surface area contributed by atoms with Crippen molar-refractivity contribution in [1.29, 1.82) is 0 Å². The molecule has 1 N–H and O–H groups in total. The van der Waals surface area contributed by atoms with Gasteiger partial charge >= 0.3 is 5.69 Å². The number of fused-ring (bicyclic) bond motifs is 2. The quantitative estimate of drug-likeness (QED) is 0.667. The first-order chi connectivity index (χ1) is 15.5. The normalized spacial score (nSPS) is 17.2. The Labute approximate surface area is 185 Å². The van der Waals surface area contributed by atoms with Crippen LogP contribution in [-0.4, -0.2) is 37.6 Å². The SMILES string of the molecule is Cc1cccc(CN2CCn3c(nn(CC(=O)N[C@@H]4CCc5ccccc54)c3=O)C2=O)c1. The molecule has 0 unspecified atom stereocenters. The molecule has 1 atom stereocenters. The molecule has 1 aromatic heterocycles. The molecule has 3 aromatic rings. The van der Waals surface area contributed by atoms with Crippen LogP contribution in [0.1, 0.15) is 45.3 Å². The van der Waals surface area contributed by atoms with E-state index in [0.29, 0.717) is 19.6 Å². The standard InChI is InChI=1S/C24H25N5O3/c1-16-5-4-6-17(13-16)14-27-11-12-28-22(23(27)31)26-29(24(28)32)15-21(30)25-20-10-9-18-7-2-3-8-19(18)20/h2-8,13,20H,9-12,14-15H2,1H3,(H,25,30)/t20-/m1/s1. The molecular weight excluding hydrogens is 406 g/mol. The second-order valence-corrected chi connectivity index (χ2v) is 8.49. The lowest BCUT2D eigenvalue weighted by Crippen LogP contribution is -2.42. The summed E-state index contributed by atoms with van der Waals surface area (Å²) in [5.74, 6) is -0.486. The number of carbonyl (C=O) groups excluding carboxylic acids is 2. The van der Waals surface area contributed by atoms with Crippen molar-refractivity contribution in [2.45, 2.75) is 45.4 Å². The second-order valence-electron chi connectivity index (χ2n) is 8.49. The minimum absolute atomic E-state index is 0.0573. The summed E-state index contributed by atoms with van der Waals surface area (Å²) in [5, 5.41) is 7.22. The number of amides is 2. The van der Waals surface area contributed by atoms with Crippen LogP contribution in [0.4, 0.5) is 0 Å². The van der Waals surface area contributed by atoms with Gasteiger partial charge in [0.15, 0.2) is 0 Å². The summed E-state index contributed by atoms with van der Waals surface area (Å²) in [6.07, 6.45) is 1.76. The van der Waals surface area contributed by atoms with Crippen LogP contribution in [0.3, 0.4) is 0 Å². The van der Waals surface area contributed by atoms with Gasteiger partial charge in [-0.2, -0.15) is 0 Å². The van der Waals surface area contributed by atoms with Gasteiger partial charge in [-0.3, -0.25) is 14.2 Å². The summed E-state index contributed by atoms with van der Waals surface area (Å²) in [6, 6.07) is 16.0. The van der Waals surface area contributed by atoms with E-state index in [0.717, 1.165) is 34.2 Å². The monoisotopic (exact) mass is 431 g/mol. The lowest BCUT2D eigenvalue weighted by atomic mass is 10.1. The van der Waals surface area contributed by atoms with Crippen molar-refractivity contribution >= 4 is 11.8 Å². The number of benzene rings is 2. The van der Waals surface area contributed by atoms with E-state index in [4.69, 9.17) is 0 Å². The third-order valence-electron chi connectivity index (χ3n) is 6.21. The lowest BCUT2D eigenvalue weighted by Gasteiger charge is -2.26. The van der Waals surface area contributed by atoms with E-state index in [9.17, 15) is 14.4 Å². The van der Waals surface area contributed by atoms with Crippen molar-refractivity contribution < 1.29 is 9.59 Å². The third kappa shape index (κ3) is 3.72. The van der Waals surface area contributed by atoms with Gasteiger partial charge in [0, 0.05) is 19.6 Å². The predicted octanol–water partition coefficient (Wildman–Crippen LogP) is 1.81. The van der Waals surface area contributed by atoms with Crippen molar-refractivity contribution in [1.82, 2.24) is 24.6 Å². The molecule has 0 bridgehead atoms. The van der Waals surface area contributed by atoms with E-state index >= 15 is 0 Å². The molecule has 2 amide bonds. The van der Waals surface area contributed by atoms with Gasteiger partial charge in [0.25, 0.3) is 5.91 Å². The fraction of sp³-hybridized carbons (Fsp3) is 0.333. The molecule has 2 aliphatic rings. The van der Waals surface area contributed by atoms with E-state index in [1.54, 1.807) is 4.90 Å². The largest absolute Gasteiger partial charge is 0.348 e. The first-order valence-corrected chi connectivity index (χ1v) is 10.9. The molecule has 0 spiro atoms. The summed E-state index contributed by atoms with van der Waals surface area (Å²) >= 11 is 0. The topological polar surface area (TPSA) is 89.2 Å². The Morgan fingerprint density at radius 3 is 2.81 bits per heavy atom. The average molecular weight is 431 g/mol. The Bertz CT molecular complexity index is 1260. The van der Waals surface area contributed by atoms with Gasteiger partial charge in [0.2, 0.25) is 11.7 Å². The van der Waals surface area contributed by atoms with Crippen LogP contribution >= 0.6 is 0 Å². The number of nitrogens with zero attached hydrogens (tertiary/aromatic N) is 4. The molecular formula is C24H25N5O3. The molecule has 8 heteroatoms. The molecule has 0 radical (unpaired) electrons. The number of hydrogen-bond donors (Lipinski definition) is 1. The van der Waals surface area contributed by atoms with Gasteiger partial charge in [-0.25, -0.2) is 9.48 Å². The molecule has 32 heavy (non-hydrogen) atoms. The minimum Gasteiger partial charge on any atom is -0.348 e.